The Hall–Kier alpha value is -3.60. The molecule has 1 aliphatic heterocycles. The van der Waals surface area contributed by atoms with Crippen molar-refractivity contribution in [2.24, 2.45) is 5.16 Å². The minimum Gasteiger partial charge on any atom is -0.478 e. The molecule has 11 heteroatoms. The summed E-state index contributed by atoms with van der Waals surface area (Å²) in [5.41, 5.74) is 0.299. The van der Waals surface area contributed by atoms with E-state index in [1.165, 1.54) is 19.1 Å². The molecule has 0 radical (unpaired) electrons. The summed E-state index contributed by atoms with van der Waals surface area (Å²) in [5, 5.41) is 24.8. The third-order valence-corrected chi connectivity index (χ3v) is 4.70. The van der Waals surface area contributed by atoms with E-state index in [0.29, 0.717) is 6.42 Å². The largest absolute Gasteiger partial charge is 0.478 e. The number of likely N-dealkylation sites (N-methyl/N-ethyl adjacent to an activating group) is 1. The second-order valence-electron chi connectivity index (χ2n) is 6.68. The van der Waals surface area contributed by atoms with Crippen molar-refractivity contribution in [1.82, 2.24) is 10.2 Å². The zero-order chi connectivity index (χ0) is 23.0. The maximum atomic E-state index is 12.7. The number of carbonyl (C=O) groups is 3. The van der Waals surface area contributed by atoms with Crippen LogP contribution < -0.4 is 5.32 Å². The van der Waals surface area contributed by atoms with Crippen molar-refractivity contribution in [3.63, 3.8) is 0 Å². The number of nitrogens with one attached hydrogen (secondary N) is 1. The van der Waals surface area contributed by atoms with Crippen LogP contribution in [-0.4, -0.2) is 71.8 Å². The zero-order valence-electron chi connectivity index (χ0n) is 17.4. The van der Waals surface area contributed by atoms with Gasteiger partial charge in [0.25, 0.3) is 5.76 Å². The first-order valence-electron chi connectivity index (χ1n) is 9.38. The van der Waals surface area contributed by atoms with E-state index in [9.17, 15) is 19.5 Å². The monoisotopic (exact) mass is 435 g/mol. The van der Waals surface area contributed by atoms with Crippen LogP contribution in [0, 0.1) is 0 Å². The number of hydrogen-bond acceptors (Lipinski definition) is 7. The van der Waals surface area contributed by atoms with Crippen LogP contribution in [0.15, 0.2) is 46.8 Å². The van der Waals surface area contributed by atoms with Gasteiger partial charge >= 0.3 is 18.0 Å². The molecule has 0 unspecified atom stereocenters. The fraction of sp³-hybridized carbons (Fsp3) is 0.400. The Kier molecular flexibility index (Phi) is 8.38. The molecule has 1 fully saturated rings. The summed E-state index contributed by atoms with van der Waals surface area (Å²) in [4.78, 5) is 41.4. The van der Waals surface area contributed by atoms with E-state index in [-0.39, 0.29) is 25.1 Å². The average Bonchev–Trinajstić information content (AvgIpc) is 3.19. The predicted molar refractivity (Wildman–Crippen MR) is 108 cm³/mol. The van der Waals surface area contributed by atoms with Crippen LogP contribution in [0.4, 0.5) is 4.79 Å². The maximum Gasteiger partial charge on any atom is 0.410 e. The molecule has 1 aromatic carbocycles. The number of amides is 1. The SMILES string of the molecule is CNC(=NOC(C(=O)O)=C(C)C(=O)O)[C@@H]1C[C@@H](OC)CN1C(=O)OCc1ccccc1. The molecule has 1 heterocycles. The highest BCUT2D eigenvalue weighted by Crippen LogP contribution is 2.23. The fourth-order valence-electron chi connectivity index (χ4n) is 2.96. The molecule has 2 atom stereocenters. The van der Waals surface area contributed by atoms with E-state index in [1.807, 2.05) is 30.3 Å². The molecule has 0 bridgehead atoms. The molecule has 31 heavy (non-hydrogen) atoms. The van der Waals surface area contributed by atoms with Gasteiger partial charge in [-0.25, -0.2) is 14.4 Å². The first-order chi connectivity index (χ1) is 14.8. The van der Waals surface area contributed by atoms with Crippen molar-refractivity contribution in [2.75, 3.05) is 20.7 Å². The van der Waals surface area contributed by atoms with E-state index in [4.69, 9.17) is 19.4 Å². The van der Waals surface area contributed by atoms with Crippen LogP contribution >= 0.6 is 0 Å². The molecule has 168 valence electrons. The lowest BCUT2D eigenvalue weighted by atomic mass is 10.2. The first-order valence-corrected chi connectivity index (χ1v) is 9.38. The highest BCUT2D eigenvalue weighted by Gasteiger charge is 2.40. The number of aliphatic carboxylic acids is 2. The van der Waals surface area contributed by atoms with Crippen molar-refractivity contribution in [3.8, 4) is 0 Å². The molecule has 0 saturated carbocycles. The Bertz CT molecular complexity index is 868. The van der Waals surface area contributed by atoms with Crippen molar-refractivity contribution in [3.05, 3.63) is 47.2 Å². The molecular weight excluding hydrogens is 410 g/mol. The average molecular weight is 435 g/mol. The van der Waals surface area contributed by atoms with Crippen LogP contribution in [-0.2, 0) is 30.5 Å². The minimum absolute atomic E-state index is 0.0762. The van der Waals surface area contributed by atoms with E-state index in [1.54, 1.807) is 0 Å². The number of nitrogens with zero attached hydrogens (tertiary/aromatic N) is 2. The van der Waals surface area contributed by atoms with Crippen LogP contribution in [0.1, 0.15) is 18.9 Å². The third-order valence-electron chi connectivity index (χ3n) is 4.70. The Morgan fingerprint density at radius 1 is 1.19 bits per heavy atom. The van der Waals surface area contributed by atoms with Gasteiger partial charge in [-0.2, -0.15) is 0 Å². The number of carbonyl (C=O) groups excluding carboxylic acids is 1. The summed E-state index contributed by atoms with van der Waals surface area (Å²) in [6.07, 6.45) is -0.556. The molecule has 11 nitrogen and oxygen atoms in total. The number of amidine groups is 1. The van der Waals surface area contributed by atoms with Crippen molar-refractivity contribution < 1.29 is 38.9 Å². The van der Waals surface area contributed by atoms with Crippen LogP contribution in [0.5, 0.6) is 0 Å². The number of oxime groups is 1. The summed E-state index contributed by atoms with van der Waals surface area (Å²) in [6, 6.07) is 8.51. The van der Waals surface area contributed by atoms with Gasteiger partial charge in [-0.3, -0.25) is 4.90 Å². The molecule has 1 aromatic rings. The van der Waals surface area contributed by atoms with E-state index in [0.717, 1.165) is 12.5 Å². The molecule has 2 rings (SSSR count). The van der Waals surface area contributed by atoms with Gasteiger partial charge in [0.15, 0.2) is 5.84 Å². The highest BCUT2D eigenvalue weighted by molar-refractivity contribution is 5.97. The number of methoxy groups -OCH3 is 1. The molecule has 0 aliphatic carbocycles. The highest BCUT2D eigenvalue weighted by atomic mass is 16.6. The number of benzene rings is 1. The summed E-state index contributed by atoms with van der Waals surface area (Å²) < 4.78 is 10.7. The standard InChI is InChI=1S/C20H25N3O8/c1-12(18(24)25)16(19(26)27)31-22-17(21-2)15-9-14(29-3)10-23(15)20(28)30-11-13-7-5-4-6-8-13/h4-8,14-15H,9-11H2,1-3H3,(H,21,22)(H,24,25)(H,26,27)/t14-,15+/m1/s1. The molecule has 1 amide bonds. The molecule has 1 saturated heterocycles. The van der Waals surface area contributed by atoms with Crippen molar-refractivity contribution >= 4 is 23.9 Å². The van der Waals surface area contributed by atoms with Gasteiger partial charge < -0.3 is 29.8 Å². The lowest BCUT2D eigenvalue weighted by Crippen LogP contribution is -2.45. The van der Waals surface area contributed by atoms with E-state index < -0.39 is 35.4 Å². The lowest BCUT2D eigenvalue weighted by Gasteiger charge is -2.24. The number of ether oxygens (including phenoxy) is 2. The van der Waals surface area contributed by atoms with Gasteiger partial charge in [-0.15, -0.1) is 0 Å². The zero-order valence-corrected chi connectivity index (χ0v) is 17.4. The van der Waals surface area contributed by atoms with E-state index >= 15 is 0 Å². The number of rotatable bonds is 8. The number of hydrogen-bond donors (Lipinski definition) is 3. The van der Waals surface area contributed by atoms with Crippen LogP contribution in [0.2, 0.25) is 0 Å². The second-order valence-corrected chi connectivity index (χ2v) is 6.68. The fourth-order valence-corrected chi connectivity index (χ4v) is 2.96. The first kappa shape index (κ1) is 23.7. The second kappa shape index (κ2) is 11.0. The summed E-state index contributed by atoms with van der Waals surface area (Å²) in [7, 11) is 3.03. The summed E-state index contributed by atoms with van der Waals surface area (Å²) in [5.74, 6) is -3.75. The van der Waals surface area contributed by atoms with E-state index in [2.05, 4.69) is 10.5 Å². The Balaban J connectivity index is 2.20. The minimum atomic E-state index is -1.58. The van der Waals surface area contributed by atoms with Crippen LogP contribution in [0.3, 0.4) is 0 Å². The lowest BCUT2D eigenvalue weighted by molar-refractivity contribution is -0.139. The molecule has 3 N–H and O–H groups in total. The molecular formula is C20H25N3O8. The molecule has 0 aromatic heterocycles. The molecule has 0 spiro atoms. The topological polar surface area (TPSA) is 147 Å². The van der Waals surface area contributed by atoms with Crippen molar-refractivity contribution in [2.45, 2.75) is 32.1 Å². The van der Waals surface area contributed by atoms with Crippen molar-refractivity contribution in [1.29, 1.82) is 0 Å². The van der Waals surface area contributed by atoms with Gasteiger partial charge in [0.05, 0.1) is 24.3 Å². The van der Waals surface area contributed by atoms with Gasteiger partial charge in [0.1, 0.15) is 6.61 Å². The number of likely N-dealkylation sites (tertiary alicyclic amines) is 1. The van der Waals surface area contributed by atoms with Gasteiger partial charge in [0.2, 0.25) is 0 Å². The molecule has 1 aliphatic rings. The van der Waals surface area contributed by atoms with Gasteiger partial charge in [0, 0.05) is 20.6 Å². The Morgan fingerprint density at radius 3 is 2.42 bits per heavy atom. The normalized spacial score (nSPS) is 19.5. The quantitative estimate of drug-likeness (QED) is 0.181. The summed E-state index contributed by atoms with van der Waals surface area (Å²) >= 11 is 0. The Morgan fingerprint density at radius 2 is 1.87 bits per heavy atom. The predicted octanol–water partition coefficient (Wildman–Crippen LogP) is 1.41. The third kappa shape index (κ3) is 6.19. The van der Waals surface area contributed by atoms with Gasteiger partial charge in [-0.1, -0.05) is 35.5 Å². The van der Waals surface area contributed by atoms with Gasteiger partial charge in [-0.05, 0) is 12.5 Å². The van der Waals surface area contributed by atoms with Crippen LogP contribution in [0.25, 0.3) is 0 Å². The summed E-state index contributed by atoms with van der Waals surface area (Å²) in [6.45, 7) is 1.39. The number of carboxylic acid groups (broad SMARTS) is 2. The Labute approximate surface area is 178 Å². The number of carboxylic acids is 2. The maximum absolute atomic E-state index is 12.7. The smallest absolute Gasteiger partial charge is 0.410 e.